The summed E-state index contributed by atoms with van der Waals surface area (Å²) in [6.07, 6.45) is 0. The molecule has 0 amide bonds. The smallest absolute Gasteiger partial charge is 0.202 e. The maximum Gasteiger partial charge on any atom is 0.202 e. The van der Waals surface area contributed by atoms with Gasteiger partial charge in [-0.1, -0.05) is 11.6 Å². The van der Waals surface area contributed by atoms with Crippen molar-refractivity contribution < 1.29 is 18.7 Å². The quantitative estimate of drug-likeness (QED) is 0.549. The fourth-order valence-corrected chi connectivity index (χ4v) is 3.14. The van der Waals surface area contributed by atoms with Gasteiger partial charge in [-0.3, -0.25) is 4.79 Å². The maximum atomic E-state index is 13.2. The number of Topliss-reactive ketones (excluding diaryl/α,β-unsaturated/α-hetero) is 1. The van der Waals surface area contributed by atoms with E-state index in [9.17, 15) is 9.18 Å². The summed E-state index contributed by atoms with van der Waals surface area (Å²) in [5, 5.41) is -0.0439. The summed E-state index contributed by atoms with van der Waals surface area (Å²) >= 11 is 5.73. The normalized spacial score (nSPS) is 10.7. The van der Waals surface area contributed by atoms with Gasteiger partial charge in [0.25, 0.3) is 0 Å². The Morgan fingerprint density at radius 2 is 1.74 bits per heavy atom. The summed E-state index contributed by atoms with van der Waals surface area (Å²) < 4.78 is 25.9. The number of methoxy groups -OCH3 is 1. The van der Waals surface area contributed by atoms with Gasteiger partial charge in [-0.25, -0.2) is 4.39 Å². The molecule has 0 bridgehead atoms. The third-order valence-corrected chi connectivity index (χ3v) is 4.61. The number of carbonyl (C=O) groups excluding carboxylic acids is 1. The number of ketones is 1. The monoisotopic (exact) mass is 387 g/mol. The van der Waals surface area contributed by atoms with Crippen molar-refractivity contribution in [2.24, 2.45) is 0 Å². The highest BCUT2D eigenvalue weighted by molar-refractivity contribution is 6.30. The van der Waals surface area contributed by atoms with Crippen LogP contribution in [0.1, 0.15) is 21.7 Å². The van der Waals surface area contributed by atoms with Crippen LogP contribution in [0.3, 0.4) is 0 Å². The summed E-state index contributed by atoms with van der Waals surface area (Å²) in [4.78, 5) is 12.6. The molecule has 140 valence electrons. The Balaban J connectivity index is 1.80. The van der Waals surface area contributed by atoms with E-state index in [2.05, 4.69) is 0 Å². The van der Waals surface area contributed by atoms with E-state index < -0.39 is 5.82 Å². The van der Waals surface area contributed by atoms with Crippen LogP contribution in [-0.4, -0.2) is 24.1 Å². The summed E-state index contributed by atoms with van der Waals surface area (Å²) in [6, 6.07) is 13.4. The third-order valence-electron chi connectivity index (χ3n) is 4.32. The first kappa shape index (κ1) is 19.0. The largest absolute Gasteiger partial charge is 0.497 e. The van der Waals surface area contributed by atoms with E-state index in [1.54, 1.807) is 7.11 Å². The fraction of sp³-hybridized carbons (Fsp3) is 0.190. The Bertz CT molecular complexity index is 980. The van der Waals surface area contributed by atoms with Gasteiger partial charge in [0.2, 0.25) is 5.78 Å². The predicted molar refractivity (Wildman–Crippen MR) is 103 cm³/mol. The van der Waals surface area contributed by atoms with Crippen molar-refractivity contribution in [2.45, 2.75) is 13.8 Å². The lowest BCUT2D eigenvalue weighted by molar-refractivity contribution is 0.0921. The highest BCUT2D eigenvalue weighted by Gasteiger charge is 2.17. The molecule has 0 unspecified atom stereocenters. The molecule has 3 aromatic rings. The van der Waals surface area contributed by atoms with Gasteiger partial charge >= 0.3 is 0 Å². The number of nitrogens with zero attached hydrogens (tertiary/aromatic N) is 1. The van der Waals surface area contributed by atoms with Crippen LogP contribution in [0.5, 0.6) is 11.5 Å². The Labute approximate surface area is 162 Å². The van der Waals surface area contributed by atoms with Gasteiger partial charge in [-0.15, -0.1) is 0 Å². The van der Waals surface area contributed by atoms with Gasteiger partial charge in [0.15, 0.2) is 6.61 Å². The molecule has 0 radical (unpaired) electrons. The summed E-state index contributed by atoms with van der Waals surface area (Å²) in [6.45, 7) is 3.67. The van der Waals surface area contributed by atoms with Crippen molar-refractivity contribution in [3.63, 3.8) is 0 Å². The fourth-order valence-electron chi connectivity index (χ4n) is 2.97. The number of hydrogen-bond donors (Lipinski definition) is 0. The average molecular weight is 388 g/mol. The van der Waals surface area contributed by atoms with Crippen LogP contribution in [0.4, 0.5) is 4.39 Å². The number of aromatic nitrogens is 1. The molecule has 0 aliphatic carbocycles. The van der Waals surface area contributed by atoms with E-state index in [1.807, 2.05) is 48.7 Å². The van der Waals surface area contributed by atoms with Crippen molar-refractivity contribution in [1.29, 1.82) is 0 Å². The molecule has 1 heterocycles. The summed E-state index contributed by atoms with van der Waals surface area (Å²) in [7, 11) is 1.62. The Kier molecular flexibility index (Phi) is 5.51. The first-order chi connectivity index (χ1) is 12.9. The second-order valence-electron chi connectivity index (χ2n) is 6.11. The predicted octanol–water partition coefficient (Wildman–Crippen LogP) is 5.16. The number of aryl methyl sites for hydroxylation is 1. The summed E-state index contributed by atoms with van der Waals surface area (Å²) in [5.41, 5.74) is 3.28. The molecule has 0 aliphatic rings. The van der Waals surface area contributed by atoms with Gasteiger partial charge in [0.05, 0.1) is 12.1 Å². The summed E-state index contributed by atoms with van der Waals surface area (Å²) in [5.74, 6) is 0.421. The van der Waals surface area contributed by atoms with Crippen LogP contribution >= 0.6 is 11.6 Å². The molecule has 1 aromatic heterocycles. The number of carbonyl (C=O) groups is 1. The molecule has 0 spiro atoms. The van der Waals surface area contributed by atoms with Gasteiger partial charge in [-0.2, -0.15) is 0 Å². The molecule has 4 nitrogen and oxygen atoms in total. The lowest BCUT2D eigenvalue weighted by Crippen LogP contribution is -2.12. The van der Waals surface area contributed by atoms with E-state index in [-0.39, 0.29) is 17.4 Å². The third kappa shape index (κ3) is 3.98. The number of ether oxygens (including phenoxy) is 2. The highest BCUT2D eigenvalue weighted by atomic mass is 35.5. The number of benzene rings is 2. The van der Waals surface area contributed by atoms with E-state index >= 15 is 0 Å². The van der Waals surface area contributed by atoms with E-state index in [0.29, 0.717) is 11.3 Å². The zero-order valence-electron chi connectivity index (χ0n) is 15.3. The maximum absolute atomic E-state index is 13.2. The SMILES string of the molecule is COc1ccc(-n2c(C)cc(C(=O)COc3ccc(F)c(Cl)c3)c2C)cc1. The van der Waals surface area contributed by atoms with Crippen LogP contribution in [0, 0.1) is 19.7 Å². The van der Waals surface area contributed by atoms with Gasteiger partial charge < -0.3 is 14.0 Å². The second-order valence-corrected chi connectivity index (χ2v) is 6.51. The van der Waals surface area contributed by atoms with Crippen molar-refractivity contribution in [3.05, 3.63) is 76.3 Å². The molecule has 27 heavy (non-hydrogen) atoms. The number of rotatable bonds is 6. The lowest BCUT2D eigenvalue weighted by Gasteiger charge is -2.11. The van der Waals surface area contributed by atoms with Crippen molar-refractivity contribution in [2.75, 3.05) is 13.7 Å². The van der Waals surface area contributed by atoms with Gasteiger partial charge in [-0.05, 0) is 56.3 Å². The molecule has 0 atom stereocenters. The molecule has 0 aliphatic heterocycles. The zero-order chi connectivity index (χ0) is 19.6. The zero-order valence-corrected chi connectivity index (χ0v) is 16.0. The molecule has 0 saturated carbocycles. The lowest BCUT2D eigenvalue weighted by atomic mass is 10.1. The van der Waals surface area contributed by atoms with Crippen molar-refractivity contribution in [3.8, 4) is 17.2 Å². The van der Waals surface area contributed by atoms with E-state index in [1.165, 1.54) is 18.2 Å². The van der Waals surface area contributed by atoms with Crippen LogP contribution in [0.15, 0.2) is 48.5 Å². The molecule has 6 heteroatoms. The first-order valence-electron chi connectivity index (χ1n) is 8.35. The molecular formula is C21H19ClFNO3. The van der Waals surface area contributed by atoms with Gasteiger partial charge in [0.1, 0.15) is 17.3 Å². The van der Waals surface area contributed by atoms with Crippen molar-refractivity contribution in [1.82, 2.24) is 4.57 Å². The molecule has 3 rings (SSSR count). The average Bonchev–Trinajstić information content (AvgIpc) is 2.97. The molecular weight excluding hydrogens is 369 g/mol. The number of hydrogen-bond acceptors (Lipinski definition) is 3. The van der Waals surface area contributed by atoms with Gasteiger partial charge in [0, 0.05) is 28.7 Å². The Hall–Kier alpha value is -2.79. The standard InChI is InChI=1S/C21H19ClFNO3/c1-13-10-18(14(2)24(13)15-4-6-16(26-3)7-5-15)21(25)12-27-17-8-9-20(23)19(22)11-17/h4-11H,12H2,1-3H3. The topological polar surface area (TPSA) is 40.5 Å². The molecule has 0 N–H and O–H groups in total. The Morgan fingerprint density at radius 3 is 2.37 bits per heavy atom. The minimum absolute atomic E-state index is 0.0439. The Morgan fingerprint density at radius 1 is 1.07 bits per heavy atom. The van der Waals surface area contributed by atoms with Crippen LogP contribution < -0.4 is 9.47 Å². The van der Waals surface area contributed by atoms with Crippen LogP contribution in [0.25, 0.3) is 5.69 Å². The minimum Gasteiger partial charge on any atom is -0.497 e. The highest BCUT2D eigenvalue weighted by Crippen LogP contribution is 2.24. The number of halogens is 2. The second kappa shape index (κ2) is 7.84. The first-order valence-corrected chi connectivity index (χ1v) is 8.73. The van der Waals surface area contributed by atoms with E-state index in [0.717, 1.165) is 22.8 Å². The van der Waals surface area contributed by atoms with Crippen LogP contribution in [-0.2, 0) is 0 Å². The molecule has 2 aromatic carbocycles. The molecule has 0 saturated heterocycles. The van der Waals surface area contributed by atoms with Crippen LogP contribution in [0.2, 0.25) is 5.02 Å². The van der Waals surface area contributed by atoms with E-state index in [4.69, 9.17) is 21.1 Å². The van der Waals surface area contributed by atoms with Crippen molar-refractivity contribution >= 4 is 17.4 Å². The molecule has 0 fully saturated rings. The minimum atomic E-state index is -0.529.